The van der Waals surface area contributed by atoms with Crippen LogP contribution in [-0.4, -0.2) is 33.9 Å². The van der Waals surface area contributed by atoms with Crippen LogP contribution in [0.25, 0.3) is 0 Å². The summed E-state index contributed by atoms with van der Waals surface area (Å²) < 4.78 is 30.5. The quantitative estimate of drug-likeness (QED) is 0.745. The molecule has 1 aliphatic rings. The highest BCUT2D eigenvalue weighted by Crippen LogP contribution is 2.12. The van der Waals surface area contributed by atoms with E-state index in [1.165, 1.54) is 0 Å². The number of nitrogens with one attached hydrogen (secondary N) is 1. The Balaban J connectivity index is 2.24. The van der Waals surface area contributed by atoms with Gasteiger partial charge in [-0.05, 0) is 25.2 Å². The molecular formula is C9H19NO3S. The largest absolute Gasteiger partial charge is 0.381 e. The average molecular weight is 221 g/mol. The van der Waals surface area contributed by atoms with Crippen molar-refractivity contribution in [3.05, 3.63) is 0 Å². The topological polar surface area (TPSA) is 55.4 Å². The van der Waals surface area contributed by atoms with Crippen LogP contribution in [0.3, 0.4) is 0 Å². The lowest BCUT2D eigenvalue weighted by Gasteiger charge is -2.22. The van der Waals surface area contributed by atoms with Crippen molar-refractivity contribution in [1.29, 1.82) is 0 Å². The van der Waals surface area contributed by atoms with Gasteiger partial charge in [-0.25, -0.2) is 13.1 Å². The summed E-state index contributed by atoms with van der Waals surface area (Å²) >= 11 is 0. The fourth-order valence-electron chi connectivity index (χ4n) is 1.55. The molecule has 0 aromatic carbocycles. The fraction of sp³-hybridized carbons (Fsp3) is 1.00. The first-order valence-corrected chi connectivity index (χ1v) is 6.84. The van der Waals surface area contributed by atoms with Gasteiger partial charge in [-0.1, -0.05) is 6.92 Å². The van der Waals surface area contributed by atoms with Crippen LogP contribution >= 0.6 is 0 Å². The smallest absolute Gasteiger partial charge is 0.211 e. The molecule has 5 heteroatoms. The highest BCUT2D eigenvalue weighted by Gasteiger charge is 2.16. The van der Waals surface area contributed by atoms with E-state index in [4.69, 9.17) is 4.74 Å². The van der Waals surface area contributed by atoms with Crippen LogP contribution in [0.15, 0.2) is 0 Å². The van der Waals surface area contributed by atoms with Crippen molar-refractivity contribution in [2.24, 2.45) is 5.92 Å². The Morgan fingerprint density at radius 2 is 2.29 bits per heavy atom. The number of hydrogen-bond acceptors (Lipinski definition) is 3. The molecule has 1 fully saturated rings. The molecule has 14 heavy (non-hydrogen) atoms. The average Bonchev–Trinajstić information content (AvgIpc) is 2.17. The molecule has 4 nitrogen and oxygen atoms in total. The molecule has 1 atom stereocenters. The zero-order valence-corrected chi connectivity index (χ0v) is 9.48. The SMILES string of the molecule is CCCS(=O)(=O)NCC1CCCOC1. The molecule has 0 bridgehead atoms. The number of sulfonamides is 1. The first kappa shape index (κ1) is 11.9. The molecule has 1 aliphatic heterocycles. The van der Waals surface area contributed by atoms with Crippen LogP contribution in [0, 0.1) is 5.92 Å². The zero-order valence-electron chi connectivity index (χ0n) is 8.66. The standard InChI is InChI=1S/C9H19NO3S/c1-2-6-14(11,12)10-7-9-4-3-5-13-8-9/h9-10H,2-8H2,1H3. The second kappa shape index (κ2) is 5.68. The number of rotatable bonds is 5. The highest BCUT2D eigenvalue weighted by atomic mass is 32.2. The van der Waals surface area contributed by atoms with Gasteiger partial charge in [-0.15, -0.1) is 0 Å². The Morgan fingerprint density at radius 1 is 1.50 bits per heavy atom. The zero-order chi connectivity index (χ0) is 10.4. The molecule has 0 aliphatic carbocycles. The molecule has 0 radical (unpaired) electrons. The van der Waals surface area contributed by atoms with E-state index in [9.17, 15) is 8.42 Å². The van der Waals surface area contributed by atoms with E-state index in [0.29, 0.717) is 25.5 Å². The van der Waals surface area contributed by atoms with Crippen LogP contribution in [0.5, 0.6) is 0 Å². The Bertz CT molecular complexity index is 245. The van der Waals surface area contributed by atoms with E-state index in [0.717, 1.165) is 19.4 Å². The van der Waals surface area contributed by atoms with Crippen LogP contribution in [0.4, 0.5) is 0 Å². The third kappa shape index (κ3) is 4.39. The van der Waals surface area contributed by atoms with E-state index in [1.807, 2.05) is 6.92 Å². The molecule has 1 heterocycles. The van der Waals surface area contributed by atoms with Crippen molar-refractivity contribution in [3.8, 4) is 0 Å². The lowest BCUT2D eigenvalue weighted by Crippen LogP contribution is -2.34. The molecule has 0 aromatic heterocycles. The normalized spacial score (nSPS) is 23.6. The number of ether oxygens (including phenoxy) is 1. The van der Waals surface area contributed by atoms with Gasteiger partial charge in [0.1, 0.15) is 0 Å². The second-order valence-corrected chi connectivity index (χ2v) is 5.68. The first-order chi connectivity index (χ1) is 6.64. The summed E-state index contributed by atoms with van der Waals surface area (Å²) in [6, 6.07) is 0. The minimum Gasteiger partial charge on any atom is -0.381 e. The van der Waals surface area contributed by atoms with Gasteiger partial charge in [-0.2, -0.15) is 0 Å². The first-order valence-electron chi connectivity index (χ1n) is 5.19. The maximum atomic E-state index is 11.3. The van der Waals surface area contributed by atoms with Gasteiger partial charge in [-0.3, -0.25) is 0 Å². The van der Waals surface area contributed by atoms with Crippen molar-refractivity contribution in [3.63, 3.8) is 0 Å². The molecule has 0 spiro atoms. The molecule has 1 saturated heterocycles. The Kier molecular flexibility index (Phi) is 4.84. The van der Waals surface area contributed by atoms with Crippen molar-refractivity contribution >= 4 is 10.0 Å². The second-order valence-electron chi connectivity index (χ2n) is 3.75. The maximum absolute atomic E-state index is 11.3. The predicted octanol–water partition coefficient (Wildman–Crippen LogP) is 0.742. The van der Waals surface area contributed by atoms with Crippen molar-refractivity contribution < 1.29 is 13.2 Å². The Morgan fingerprint density at radius 3 is 2.86 bits per heavy atom. The van der Waals surface area contributed by atoms with Gasteiger partial charge in [0.15, 0.2) is 0 Å². The third-order valence-corrected chi connectivity index (χ3v) is 3.87. The predicted molar refractivity (Wildman–Crippen MR) is 55.6 cm³/mol. The minimum absolute atomic E-state index is 0.223. The molecule has 1 N–H and O–H groups in total. The van der Waals surface area contributed by atoms with Crippen LogP contribution < -0.4 is 4.72 Å². The lowest BCUT2D eigenvalue weighted by molar-refractivity contribution is 0.0568. The summed E-state index contributed by atoms with van der Waals surface area (Å²) in [7, 11) is -3.04. The van der Waals surface area contributed by atoms with E-state index in [2.05, 4.69) is 4.72 Å². The monoisotopic (exact) mass is 221 g/mol. The Labute approximate surface area is 86.1 Å². The van der Waals surface area contributed by atoms with E-state index < -0.39 is 10.0 Å². The molecule has 1 rings (SSSR count). The van der Waals surface area contributed by atoms with Crippen molar-refractivity contribution in [1.82, 2.24) is 4.72 Å². The molecule has 0 amide bonds. The lowest BCUT2D eigenvalue weighted by atomic mass is 10.0. The van der Waals surface area contributed by atoms with Gasteiger partial charge in [0.05, 0.1) is 12.4 Å². The summed E-state index contributed by atoms with van der Waals surface area (Å²) in [5.41, 5.74) is 0. The highest BCUT2D eigenvalue weighted by molar-refractivity contribution is 7.89. The van der Waals surface area contributed by atoms with Crippen LogP contribution in [-0.2, 0) is 14.8 Å². The molecule has 0 aromatic rings. The van der Waals surface area contributed by atoms with Gasteiger partial charge in [0.25, 0.3) is 0 Å². The molecule has 84 valence electrons. The minimum atomic E-state index is -3.04. The number of hydrogen-bond donors (Lipinski definition) is 1. The van der Waals surface area contributed by atoms with Gasteiger partial charge in [0, 0.05) is 13.2 Å². The fourth-order valence-corrected chi connectivity index (χ4v) is 2.73. The van der Waals surface area contributed by atoms with Crippen molar-refractivity contribution in [2.45, 2.75) is 26.2 Å². The van der Waals surface area contributed by atoms with E-state index in [-0.39, 0.29) is 5.75 Å². The van der Waals surface area contributed by atoms with Crippen LogP contribution in [0.1, 0.15) is 26.2 Å². The van der Waals surface area contributed by atoms with E-state index >= 15 is 0 Å². The molecule has 0 saturated carbocycles. The molecule has 1 unspecified atom stereocenters. The summed E-state index contributed by atoms with van der Waals surface area (Å²) in [6.45, 7) is 3.90. The summed E-state index contributed by atoms with van der Waals surface area (Å²) in [5, 5.41) is 0. The summed E-state index contributed by atoms with van der Waals surface area (Å²) in [4.78, 5) is 0. The van der Waals surface area contributed by atoms with Gasteiger partial charge >= 0.3 is 0 Å². The van der Waals surface area contributed by atoms with Crippen LogP contribution in [0.2, 0.25) is 0 Å². The van der Waals surface area contributed by atoms with Gasteiger partial charge in [0.2, 0.25) is 10.0 Å². The molecular weight excluding hydrogens is 202 g/mol. The van der Waals surface area contributed by atoms with E-state index in [1.54, 1.807) is 0 Å². The Hall–Kier alpha value is -0.130. The summed E-state index contributed by atoms with van der Waals surface area (Å²) in [6.07, 6.45) is 2.77. The van der Waals surface area contributed by atoms with Crippen molar-refractivity contribution in [2.75, 3.05) is 25.5 Å². The summed E-state index contributed by atoms with van der Waals surface area (Å²) in [5.74, 6) is 0.580. The maximum Gasteiger partial charge on any atom is 0.211 e. The van der Waals surface area contributed by atoms with Gasteiger partial charge < -0.3 is 4.74 Å². The third-order valence-electron chi connectivity index (χ3n) is 2.32.